The van der Waals surface area contributed by atoms with E-state index in [-0.39, 0.29) is 39.3 Å². The first kappa shape index (κ1) is 29.0. The fourth-order valence-corrected chi connectivity index (χ4v) is 5.56. The highest BCUT2D eigenvalue weighted by Crippen LogP contribution is 2.34. The van der Waals surface area contributed by atoms with Crippen LogP contribution in [0, 0.1) is 6.92 Å². The van der Waals surface area contributed by atoms with Gasteiger partial charge in [-0.25, -0.2) is 19.7 Å². The number of nitrogens with zero attached hydrogens (tertiary/aromatic N) is 4. The molecule has 0 aliphatic carbocycles. The van der Waals surface area contributed by atoms with E-state index in [0.717, 1.165) is 11.3 Å². The number of nitrogens with one attached hydrogen (secondary N) is 3. The van der Waals surface area contributed by atoms with Crippen LogP contribution in [0.5, 0.6) is 0 Å². The van der Waals surface area contributed by atoms with Gasteiger partial charge in [-0.05, 0) is 20.3 Å². The minimum atomic E-state index is -1.10. The number of carbonyl (C=O) groups excluding carboxylic acids is 1. The van der Waals surface area contributed by atoms with Crippen molar-refractivity contribution in [2.45, 2.75) is 32.4 Å². The molecule has 39 heavy (non-hydrogen) atoms. The summed E-state index contributed by atoms with van der Waals surface area (Å²) >= 11 is 13.4. The zero-order valence-electron chi connectivity index (χ0n) is 21.6. The zero-order valence-corrected chi connectivity index (χ0v) is 23.9. The molecule has 0 aromatic carbocycles. The largest absolute Gasteiger partial charge is 0.477 e. The zero-order chi connectivity index (χ0) is 28.1. The molecule has 4 N–H and O–H groups in total. The van der Waals surface area contributed by atoms with Crippen LogP contribution in [0.15, 0.2) is 12.4 Å². The number of hydrogen-bond acceptors (Lipinski definition) is 10. The third-order valence-electron chi connectivity index (χ3n) is 6.12. The highest BCUT2D eigenvalue weighted by molar-refractivity contribution is 7.17. The van der Waals surface area contributed by atoms with E-state index in [0.29, 0.717) is 66.6 Å². The predicted octanol–water partition coefficient (Wildman–Crippen LogP) is 3.71. The molecule has 1 aliphatic rings. The van der Waals surface area contributed by atoms with Crippen molar-refractivity contribution in [3.63, 3.8) is 0 Å². The van der Waals surface area contributed by atoms with E-state index >= 15 is 0 Å². The molecule has 1 amide bonds. The highest BCUT2D eigenvalue weighted by Gasteiger charge is 2.34. The van der Waals surface area contributed by atoms with Crippen molar-refractivity contribution in [1.29, 1.82) is 0 Å². The second-order valence-corrected chi connectivity index (χ2v) is 10.5. The van der Waals surface area contributed by atoms with E-state index in [2.05, 4.69) is 30.6 Å². The Kier molecular flexibility index (Phi) is 9.62. The van der Waals surface area contributed by atoms with Crippen molar-refractivity contribution < 1.29 is 24.2 Å². The number of hydrogen-bond donors (Lipinski definition) is 4. The lowest BCUT2D eigenvalue weighted by Crippen LogP contribution is -2.55. The summed E-state index contributed by atoms with van der Waals surface area (Å²) in [5, 5.41) is 16.9. The molecule has 0 saturated carbocycles. The summed E-state index contributed by atoms with van der Waals surface area (Å²) in [5.74, 6) is -0.926. The first-order valence-electron chi connectivity index (χ1n) is 12.2. The van der Waals surface area contributed by atoms with E-state index < -0.39 is 5.97 Å². The predicted molar refractivity (Wildman–Crippen MR) is 150 cm³/mol. The smallest absolute Gasteiger partial charge is 0.348 e. The van der Waals surface area contributed by atoms with Crippen LogP contribution in [0.2, 0.25) is 10.0 Å². The Morgan fingerprint density at radius 3 is 2.69 bits per heavy atom. The van der Waals surface area contributed by atoms with Gasteiger partial charge in [-0.15, -0.1) is 0 Å². The molecular weight excluding hydrogens is 569 g/mol. The molecule has 15 heteroatoms. The molecule has 4 heterocycles. The number of aromatic carboxylic acids is 1. The van der Waals surface area contributed by atoms with Crippen molar-refractivity contribution in [3.8, 4) is 11.4 Å². The molecule has 1 fully saturated rings. The van der Waals surface area contributed by atoms with E-state index in [9.17, 15) is 14.7 Å². The summed E-state index contributed by atoms with van der Waals surface area (Å²) in [6.45, 7) is 6.04. The molecular formula is C24H29Cl2N7O5S. The number of piperidine rings is 1. The molecule has 4 rings (SSSR count). The number of aryl methyl sites for hydroxylation is 1. The van der Waals surface area contributed by atoms with Crippen LogP contribution in [-0.4, -0.2) is 89.0 Å². The molecule has 12 nitrogen and oxygen atoms in total. The summed E-state index contributed by atoms with van der Waals surface area (Å²) in [6, 6.07) is -0.297. The Balaban J connectivity index is 1.50. The van der Waals surface area contributed by atoms with Gasteiger partial charge in [0.2, 0.25) is 0 Å². The van der Waals surface area contributed by atoms with Crippen molar-refractivity contribution in [2.75, 3.05) is 50.2 Å². The Morgan fingerprint density at radius 1 is 1.28 bits per heavy atom. The number of anilines is 2. The Bertz CT molecular complexity index is 1320. The van der Waals surface area contributed by atoms with Crippen LogP contribution in [0.3, 0.4) is 0 Å². The van der Waals surface area contributed by atoms with Gasteiger partial charge in [-0.1, -0.05) is 34.5 Å². The van der Waals surface area contributed by atoms with E-state index in [4.69, 9.17) is 32.7 Å². The maximum atomic E-state index is 12.9. The third kappa shape index (κ3) is 6.61. The van der Waals surface area contributed by atoms with Crippen LogP contribution < -0.4 is 15.5 Å². The van der Waals surface area contributed by atoms with Crippen LogP contribution >= 0.6 is 34.5 Å². The van der Waals surface area contributed by atoms with Gasteiger partial charge in [0.05, 0.1) is 41.2 Å². The van der Waals surface area contributed by atoms with Gasteiger partial charge in [-0.2, -0.15) is 0 Å². The number of carbonyl (C=O) groups is 2. The van der Waals surface area contributed by atoms with Crippen molar-refractivity contribution in [3.05, 3.63) is 38.7 Å². The highest BCUT2D eigenvalue weighted by atomic mass is 35.5. The van der Waals surface area contributed by atoms with Gasteiger partial charge in [0.15, 0.2) is 5.13 Å². The summed E-state index contributed by atoms with van der Waals surface area (Å²) in [4.78, 5) is 43.2. The monoisotopic (exact) mass is 597 g/mol. The van der Waals surface area contributed by atoms with Gasteiger partial charge in [-0.3, -0.25) is 4.79 Å². The van der Waals surface area contributed by atoms with Crippen LogP contribution in [0.25, 0.3) is 11.4 Å². The fraction of sp³-hybridized carbons (Fsp3) is 0.458. The number of amides is 1. The maximum Gasteiger partial charge on any atom is 0.348 e. The SMILES string of the molecule is CCO[C@H]1CN(c2nc(-c3cnc(NCCOC)cn3)c(C(=O)O)s2)CC[C@H]1NC(=O)c1[nH]c(C)c(Cl)c1Cl. The summed E-state index contributed by atoms with van der Waals surface area (Å²) in [6.07, 6.45) is 3.20. The second-order valence-electron chi connectivity index (χ2n) is 8.75. The van der Waals surface area contributed by atoms with Gasteiger partial charge in [0, 0.05) is 39.0 Å². The second kappa shape index (κ2) is 12.9. The summed E-state index contributed by atoms with van der Waals surface area (Å²) < 4.78 is 11.0. The number of aromatic amines is 1. The number of thiazole rings is 1. The molecule has 3 aromatic rings. The van der Waals surface area contributed by atoms with Crippen molar-refractivity contribution >= 4 is 57.4 Å². The Morgan fingerprint density at radius 2 is 2.08 bits per heavy atom. The Hall–Kier alpha value is -2.97. The number of methoxy groups -OCH3 is 1. The molecule has 1 aliphatic heterocycles. The molecule has 3 aromatic heterocycles. The number of carboxylic acid groups (broad SMARTS) is 1. The lowest BCUT2D eigenvalue weighted by molar-refractivity contribution is 0.0272. The standard InChI is InChI=1S/C24H29Cl2N7O5S/c1-4-38-15-11-33(7-5-13(15)31-22(34)20-18(26)17(25)12(2)30-20)24-32-19(21(39-24)23(35)36)14-9-29-16(10-28-14)27-6-8-37-3/h9-10,13,15,30H,4-8,11H2,1-3H3,(H,27,29)(H,31,34)(H,35,36)/t13-,15+/m1/s1. The summed E-state index contributed by atoms with van der Waals surface area (Å²) in [7, 11) is 1.61. The molecule has 210 valence electrons. The molecule has 2 atom stereocenters. The maximum absolute atomic E-state index is 12.9. The van der Waals surface area contributed by atoms with E-state index in [1.165, 1.54) is 12.4 Å². The first-order valence-corrected chi connectivity index (χ1v) is 13.8. The molecule has 0 unspecified atom stereocenters. The van der Waals surface area contributed by atoms with E-state index in [1.54, 1.807) is 14.0 Å². The lowest BCUT2D eigenvalue weighted by Gasteiger charge is -2.38. The molecule has 0 radical (unpaired) electrons. The quantitative estimate of drug-likeness (QED) is 0.240. The van der Waals surface area contributed by atoms with Crippen LogP contribution in [0.4, 0.5) is 10.9 Å². The van der Waals surface area contributed by atoms with Gasteiger partial charge < -0.3 is 35.1 Å². The van der Waals surface area contributed by atoms with Gasteiger partial charge >= 0.3 is 5.97 Å². The number of carboxylic acids is 1. The van der Waals surface area contributed by atoms with Crippen molar-refractivity contribution in [2.24, 2.45) is 0 Å². The topological polar surface area (TPSA) is 155 Å². The fourth-order valence-electron chi connectivity index (χ4n) is 4.19. The molecule has 0 bridgehead atoms. The summed E-state index contributed by atoms with van der Waals surface area (Å²) in [5.41, 5.74) is 1.41. The molecule has 1 saturated heterocycles. The average molecular weight is 599 g/mol. The van der Waals surface area contributed by atoms with Crippen LogP contribution in [-0.2, 0) is 9.47 Å². The first-order chi connectivity index (χ1) is 18.7. The number of ether oxygens (including phenoxy) is 2. The minimum Gasteiger partial charge on any atom is -0.477 e. The van der Waals surface area contributed by atoms with Gasteiger partial charge in [0.1, 0.15) is 27.8 Å². The van der Waals surface area contributed by atoms with E-state index in [1.807, 2.05) is 11.8 Å². The van der Waals surface area contributed by atoms with Crippen molar-refractivity contribution in [1.82, 2.24) is 25.3 Å². The number of aromatic nitrogens is 4. The number of rotatable bonds is 11. The number of H-pyrrole nitrogens is 1. The minimum absolute atomic E-state index is 0.0661. The van der Waals surface area contributed by atoms with Gasteiger partial charge in [0.25, 0.3) is 5.91 Å². The third-order valence-corrected chi connectivity index (χ3v) is 8.18. The molecule has 0 spiro atoms. The normalized spacial score (nSPS) is 17.3. The lowest BCUT2D eigenvalue weighted by atomic mass is 10.0. The Labute approximate surface area is 239 Å². The van der Waals surface area contributed by atoms with Crippen LogP contribution in [0.1, 0.15) is 39.2 Å². The average Bonchev–Trinajstić information content (AvgIpc) is 3.48. The number of halogens is 2.